The lowest BCUT2D eigenvalue weighted by atomic mass is 9.75. The van der Waals surface area contributed by atoms with E-state index in [-0.39, 0.29) is 46.2 Å². The molecule has 2 aliphatic rings. The van der Waals surface area contributed by atoms with E-state index in [1.54, 1.807) is 0 Å². The summed E-state index contributed by atoms with van der Waals surface area (Å²) in [6.45, 7) is 1.31. The standard InChI is InChI=1S/C19H22Cl2F3NO.C2H5NO/c20-12-7-8-13(22)14(15(12)21)16(19(18(23)24)9-3-4-10-19)25-17(26)11-5-1-2-6-11;1-2(3)4/h7-8,11,16,18H,1-6,9-10H2,(H,25,26);1H3,(H2,3,4). The maximum absolute atomic E-state index is 14.7. The average molecular weight is 467 g/mol. The van der Waals surface area contributed by atoms with Crippen LogP contribution in [-0.2, 0) is 9.59 Å². The van der Waals surface area contributed by atoms with E-state index >= 15 is 0 Å². The molecule has 0 aromatic heterocycles. The number of rotatable bonds is 5. The highest BCUT2D eigenvalue weighted by Gasteiger charge is 2.51. The van der Waals surface area contributed by atoms with Crippen LogP contribution < -0.4 is 11.1 Å². The van der Waals surface area contributed by atoms with Crippen LogP contribution in [0, 0.1) is 17.2 Å². The number of nitrogens with one attached hydrogen (secondary N) is 1. The third-order valence-electron chi connectivity index (χ3n) is 5.92. The molecule has 9 heteroatoms. The van der Waals surface area contributed by atoms with E-state index in [0.717, 1.165) is 31.7 Å². The van der Waals surface area contributed by atoms with Gasteiger partial charge in [0.25, 0.3) is 0 Å². The van der Waals surface area contributed by atoms with E-state index in [2.05, 4.69) is 11.1 Å². The highest BCUT2D eigenvalue weighted by atomic mass is 35.5. The van der Waals surface area contributed by atoms with Gasteiger partial charge >= 0.3 is 0 Å². The monoisotopic (exact) mass is 466 g/mol. The number of nitrogens with two attached hydrogens (primary N) is 1. The number of hydrogen-bond donors (Lipinski definition) is 2. The lowest BCUT2D eigenvalue weighted by Gasteiger charge is -2.38. The molecule has 2 amide bonds. The van der Waals surface area contributed by atoms with Gasteiger partial charge in [-0.15, -0.1) is 0 Å². The number of carbonyl (C=O) groups excluding carboxylic acids is 2. The summed E-state index contributed by atoms with van der Waals surface area (Å²) in [7, 11) is 0. The zero-order chi connectivity index (χ0) is 22.5. The Morgan fingerprint density at radius 2 is 1.67 bits per heavy atom. The Hall–Kier alpha value is -1.47. The lowest BCUT2D eigenvalue weighted by Crippen LogP contribution is -2.46. The average Bonchev–Trinajstić information content (AvgIpc) is 3.36. The van der Waals surface area contributed by atoms with E-state index in [1.807, 2.05) is 0 Å². The fourth-order valence-electron chi connectivity index (χ4n) is 4.42. The fraction of sp³-hybridized carbons (Fsp3) is 0.619. The van der Waals surface area contributed by atoms with Crippen molar-refractivity contribution in [3.05, 3.63) is 33.6 Å². The van der Waals surface area contributed by atoms with Crippen LogP contribution in [0.3, 0.4) is 0 Å². The molecule has 3 rings (SSSR count). The van der Waals surface area contributed by atoms with Crippen molar-refractivity contribution in [1.29, 1.82) is 0 Å². The summed E-state index contributed by atoms with van der Waals surface area (Å²) in [5.41, 5.74) is 2.83. The molecule has 2 aliphatic carbocycles. The number of alkyl halides is 2. The summed E-state index contributed by atoms with van der Waals surface area (Å²) in [4.78, 5) is 21.9. The molecule has 168 valence electrons. The van der Waals surface area contributed by atoms with Crippen molar-refractivity contribution >= 4 is 35.0 Å². The molecular weight excluding hydrogens is 440 g/mol. The maximum Gasteiger partial charge on any atom is 0.246 e. The molecule has 2 fully saturated rings. The van der Waals surface area contributed by atoms with Crippen LogP contribution in [0.4, 0.5) is 13.2 Å². The van der Waals surface area contributed by atoms with Gasteiger partial charge in [-0.05, 0) is 37.8 Å². The first-order chi connectivity index (χ1) is 14.1. The molecule has 1 atom stereocenters. The molecule has 3 N–H and O–H groups in total. The second-order valence-corrected chi connectivity index (χ2v) is 8.82. The number of primary amides is 1. The molecule has 0 bridgehead atoms. The zero-order valence-corrected chi connectivity index (χ0v) is 18.3. The van der Waals surface area contributed by atoms with E-state index in [1.165, 1.54) is 13.0 Å². The summed E-state index contributed by atoms with van der Waals surface area (Å²) < 4.78 is 43.0. The second-order valence-electron chi connectivity index (χ2n) is 8.03. The molecule has 0 spiro atoms. The highest BCUT2D eigenvalue weighted by Crippen LogP contribution is 2.54. The van der Waals surface area contributed by atoms with Gasteiger partial charge in [-0.3, -0.25) is 9.59 Å². The maximum atomic E-state index is 14.7. The Morgan fingerprint density at radius 3 is 2.17 bits per heavy atom. The third-order valence-corrected chi connectivity index (χ3v) is 6.74. The molecule has 0 radical (unpaired) electrons. The molecule has 4 nitrogen and oxygen atoms in total. The Kier molecular flexibility index (Phi) is 8.85. The number of carbonyl (C=O) groups is 2. The van der Waals surface area contributed by atoms with Crippen molar-refractivity contribution in [1.82, 2.24) is 5.32 Å². The minimum atomic E-state index is -2.70. The SMILES string of the molecule is CC(N)=O.O=C(NC(c1c(F)ccc(Cl)c1Cl)C1(C(F)F)CCCC1)C1CCCC1. The van der Waals surface area contributed by atoms with E-state index in [0.29, 0.717) is 12.8 Å². The smallest absolute Gasteiger partial charge is 0.246 e. The van der Waals surface area contributed by atoms with Gasteiger partial charge < -0.3 is 11.1 Å². The first-order valence-corrected chi connectivity index (χ1v) is 10.8. The first kappa shape index (κ1) is 24.8. The normalized spacial score (nSPS) is 19.3. The van der Waals surface area contributed by atoms with Gasteiger partial charge in [0.1, 0.15) is 5.82 Å². The van der Waals surface area contributed by atoms with Crippen LogP contribution >= 0.6 is 23.2 Å². The van der Waals surface area contributed by atoms with Crippen LogP contribution in [-0.4, -0.2) is 18.2 Å². The minimum Gasteiger partial charge on any atom is -0.370 e. The number of benzene rings is 1. The van der Waals surface area contributed by atoms with Crippen molar-refractivity contribution in [2.24, 2.45) is 17.1 Å². The Labute approximate surface area is 184 Å². The molecule has 0 aliphatic heterocycles. The Morgan fingerprint density at radius 1 is 1.13 bits per heavy atom. The van der Waals surface area contributed by atoms with Crippen LogP contribution in [0.5, 0.6) is 0 Å². The quantitative estimate of drug-likeness (QED) is 0.538. The van der Waals surface area contributed by atoms with E-state index < -0.39 is 23.7 Å². The topological polar surface area (TPSA) is 72.2 Å². The fourth-order valence-corrected chi connectivity index (χ4v) is 4.85. The second kappa shape index (κ2) is 10.7. The summed E-state index contributed by atoms with van der Waals surface area (Å²) in [5.74, 6) is -1.56. The van der Waals surface area contributed by atoms with E-state index in [9.17, 15) is 22.8 Å². The van der Waals surface area contributed by atoms with Crippen LogP contribution in [0.25, 0.3) is 0 Å². The predicted molar refractivity (Wildman–Crippen MR) is 111 cm³/mol. The van der Waals surface area contributed by atoms with Crippen molar-refractivity contribution in [3.63, 3.8) is 0 Å². The number of hydrogen-bond acceptors (Lipinski definition) is 2. The van der Waals surface area contributed by atoms with Crippen LogP contribution in [0.2, 0.25) is 10.0 Å². The van der Waals surface area contributed by atoms with Crippen molar-refractivity contribution in [2.45, 2.75) is 70.8 Å². The largest absolute Gasteiger partial charge is 0.370 e. The molecular formula is C21H27Cl2F3N2O2. The highest BCUT2D eigenvalue weighted by molar-refractivity contribution is 6.42. The molecule has 2 saturated carbocycles. The van der Waals surface area contributed by atoms with Crippen molar-refractivity contribution < 1.29 is 22.8 Å². The van der Waals surface area contributed by atoms with Gasteiger partial charge in [0.2, 0.25) is 18.2 Å². The summed E-state index contributed by atoms with van der Waals surface area (Å²) in [6.07, 6.45) is 2.28. The van der Waals surface area contributed by atoms with Gasteiger partial charge in [-0.25, -0.2) is 13.2 Å². The van der Waals surface area contributed by atoms with Gasteiger partial charge in [0.15, 0.2) is 0 Å². The summed E-state index contributed by atoms with van der Waals surface area (Å²) >= 11 is 12.2. The molecule has 30 heavy (non-hydrogen) atoms. The van der Waals surface area contributed by atoms with Crippen molar-refractivity contribution in [2.75, 3.05) is 0 Å². The van der Waals surface area contributed by atoms with Crippen molar-refractivity contribution in [3.8, 4) is 0 Å². The minimum absolute atomic E-state index is 0.0885. The zero-order valence-electron chi connectivity index (χ0n) is 16.8. The number of halogens is 5. The Bertz CT molecular complexity index is 761. The van der Waals surface area contributed by atoms with E-state index in [4.69, 9.17) is 23.2 Å². The first-order valence-electron chi connectivity index (χ1n) is 10.1. The molecule has 1 aromatic rings. The third kappa shape index (κ3) is 5.61. The van der Waals surface area contributed by atoms with Gasteiger partial charge in [0, 0.05) is 18.4 Å². The summed E-state index contributed by atoms with van der Waals surface area (Å²) in [5, 5.41) is 2.73. The van der Waals surface area contributed by atoms with Crippen LogP contribution in [0.1, 0.15) is 69.9 Å². The molecule has 0 heterocycles. The van der Waals surface area contributed by atoms with Crippen LogP contribution in [0.15, 0.2) is 12.1 Å². The molecule has 1 aromatic carbocycles. The molecule has 1 unspecified atom stereocenters. The number of amides is 2. The van der Waals surface area contributed by atoms with Gasteiger partial charge in [-0.2, -0.15) is 0 Å². The lowest BCUT2D eigenvalue weighted by molar-refractivity contribution is -0.128. The summed E-state index contributed by atoms with van der Waals surface area (Å²) in [6, 6.07) is 1.22. The van der Waals surface area contributed by atoms with Gasteiger partial charge in [-0.1, -0.05) is 48.9 Å². The van der Waals surface area contributed by atoms with Gasteiger partial charge in [0.05, 0.1) is 21.5 Å². The predicted octanol–water partition coefficient (Wildman–Crippen LogP) is 5.80. The Balaban J connectivity index is 0.000000735. The molecule has 0 saturated heterocycles.